The van der Waals surface area contributed by atoms with E-state index in [1.807, 2.05) is 0 Å². The van der Waals surface area contributed by atoms with Crippen LogP contribution in [0.1, 0.15) is 33.1 Å². The fourth-order valence-electron chi connectivity index (χ4n) is 3.20. The molecule has 1 atom stereocenters. The second-order valence-electron chi connectivity index (χ2n) is 7.42. The van der Waals surface area contributed by atoms with E-state index in [9.17, 15) is 13.2 Å². The van der Waals surface area contributed by atoms with E-state index in [1.54, 1.807) is 24.3 Å². The SMILES string of the molecule is CC(C)CCNC(=O)[C@@H]1CCCN(S(=O)(=O)c2ccc(-n3cnnn3)cc2)C1. The standard InChI is InChI=1S/C18H26N6O3S/c1-14(2)9-10-19-18(25)15-4-3-11-23(12-15)28(26,27)17-7-5-16(6-8-17)24-13-20-21-22-24/h5-8,13-15H,3-4,9-12H2,1-2H3,(H,19,25)/t15-/m1/s1. The van der Waals surface area contributed by atoms with Crippen molar-refractivity contribution in [1.29, 1.82) is 0 Å². The third kappa shape index (κ3) is 4.74. The Balaban J connectivity index is 1.66. The van der Waals surface area contributed by atoms with Crippen LogP contribution < -0.4 is 5.32 Å². The van der Waals surface area contributed by atoms with Crippen LogP contribution in [0.2, 0.25) is 0 Å². The highest BCUT2D eigenvalue weighted by molar-refractivity contribution is 7.89. The van der Waals surface area contributed by atoms with Crippen LogP contribution in [0.5, 0.6) is 0 Å². The third-order valence-electron chi connectivity index (χ3n) is 4.86. The average molecular weight is 407 g/mol. The molecule has 152 valence electrons. The molecule has 9 nitrogen and oxygen atoms in total. The molecule has 10 heteroatoms. The molecule has 2 heterocycles. The fraction of sp³-hybridized carbons (Fsp3) is 0.556. The molecule has 0 spiro atoms. The first-order chi connectivity index (χ1) is 13.4. The second kappa shape index (κ2) is 8.78. The van der Waals surface area contributed by atoms with Crippen LogP contribution in [0.15, 0.2) is 35.5 Å². The summed E-state index contributed by atoms with van der Waals surface area (Å²) in [5.74, 6) is 0.144. The molecule has 1 amide bonds. The van der Waals surface area contributed by atoms with Gasteiger partial charge in [-0.3, -0.25) is 4.79 Å². The molecule has 0 aliphatic carbocycles. The van der Waals surface area contributed by atoms with Crippen LogP contribution in [0.3, 0.4) is 0 Å². The van der Waals surface area contributed by atoms with Crippen molar-refractivity contribution in [3.05, 3.63) is 30.6 Å². The van der Waals surface area contributed by atoms with Crippen molar-refractivity contribution in [3.8, 4) is 5.69 Å². The van der Waals surface area contributed by atoms with Crippen LogP contribution in [0.25, 0.3) is 5.69 Å². The van der Waals surface area contributed by atoms with Gasteiger partial charge in [0.25, 0.3) is 0 Å². The third-order valence-corrected chi connectivity index (χ3v) is 6.74. The minimum Gasteiger partial charge on any atom is -0.356 e. The zero-order valence-corrected chi connectivity index (χ0v) is 17.0. The number of sulfonamides is 1. The minimum atomic E-state index is -3.66. The molecule has 1 aromatic carbocycles. The molecule has 1 aliphatic heterocycles. The molecule has 1 saturated heterocycles. The van der Waals surface area contributed by atoms with Crippen LogP contribution in [-0.4, -0.2) is 58.5 Å². The quantitative estimate of drug-likeness (QED) is 0.740. The van der Waals surface area contributed by atoms with Crippen LogP contribution in [0, 0.1) is 11.8 Å². The largest absolute Gasteiger partial charge is 0.356 e. The van der Waals surface area contributed by atoms with Gasteiger partial charge in [0.15, 0.2) is 0 Å². The maximum atomic E-state index is 13.0. The topological polar surface area (TPSA) is 110 Å². The van der Waals surface area contributed by atoms with Gasteiger partial charge in [0.05, 0.1) is 16.5 Å². The monoisotopic (exact) mass is 406 g/mol. The summed E-state index contributed by atoms with van der Waals surface area (Å²) >= 11 is 0. The highest BCUT2D eigenvalue weighted by Crippen LogP contribution is 2.24. The van der Waals surface area contributed by atoms with Gasteiger partial charge < -0.3 is 5.32 Å². The lowest BCUT2D eigenvalue weighted by molar-refractivity contribution is -0.126. The summed E-state index contributed by atoms with van der Waals surface area (Å²) in [6, 6.07) is 6.39. The number of tetrazole rings is 1. The van der Waals surface area contributed by atoms with Gasteiger partial charge in [-0.15, -0.1) is 5.10 Å². The molecule has 0 unspecified atom stereocenters. The normalized spacial score (nSPS) is 18.3. The van der Waals surface area contributed by atoms with Gasteiger partial charge in [-0.25, -0.2) is 13.1 Å². The number of nitrogens with zero attached hydrogens (tertiary/aromatic N) is 5. The molecule has 0 bridgehead atoms. The van der Waals surface area contributed by atoms with E-state index in [-0.39, 0.29) is 23.3 Å². The molecule has 2 aromatic rings. The number of hydrogen-bond donors (Lipinski definition) is 1. The first-order valence-corrected chi connectivity index (χ1v) is 10.9. The van der Waals surface area contributed by atoms with Crippen LogP contribution in [-0.2, 0) is 14.8 Å². The fourth-order valence-corrected chi connectivity index (χ4v) is 4.73. The van der Waals surface area contributed by atoms with E-state index >= 15 is 0 Å². The number of carbonyl (C=O) groups is 1. The summed E-state index contributed by atoms with van der Waals surface area (Å²) < 4.78 is 28.9. The number of amides is 1. The van der Waals surface area contributed by atoms with Gasteiger partial charge in [0.2, 0.25) is 15.9 Å². The van der Waals surface area contributed by atoms with Gasteiger partial charge in [-0.2, -0.15) is 4.31 Å². The minimum absolute atomic E-state index is 0.0606. The molecule has 1 aliphatic rings. The summed E-state index contributed by atoms with van der Waals surface area (Å²) in [5.41, 5.74) is 0.671. The summed E-state index contributed by atoms with van der Waals surface area (Å²) in [4.78, 5) is 12.6. The molecule has 1 aromatic heterocycles. The Morgan fingerprint density at radius 3 is 2.68 bits per heavy atom. The number of benzene rings is 1. The molecular formula is C18H26N6O3S. The Morgan fingerprint density at radius 2 is 2.04 bits per heavy atom. The number of piperidine rings is 1. The van der Waals surface area contributed by atoms with Crippen LogP contribution >= 0.6 is 0 Å². The molecule has 0 saturated carbocycles. The zero-order chi connectivity index (χ0) is 20.1. The van der Waals surface area contributed by atoms with Gasteiger partial charge >= 0.3 is 0 Å². The maximum Gasteiger partial charge on any atom is 0.243 e. The molecule has 28 heavy (non-hydrogen) atoms. The van der Waals surface area contributed by atoms with Gasteiger partial charge in [0, 0.05) is 19.6 Å². The number of aromatic nitrogens is 4. The molecular weight excluding hydrogens is 380 g/mol. The molecule has 0 radical (unpaired) electrons. The van der Waals surface area contributed by atoms with Gasteiger partial charge in [0.1, 0.15) is 6.33 Å². The summed E-state index contributed by atoms with van der Waals surface area (Å²) in [6.45, 7) is 5.47. The summed E-state index contributed by atoms with van der Waals surface area (Å²) in [5, 5.41) is 13.9. The zero-order valence-electron chi connectivity index (χ0n) is 16.2. The van der Waals surface area contributed by atoms with E-state index in [0.29, 0.717) is 37.5 Å². The number of nitrogens with one attached hydrogen (secondary N) is 1. The van der Waals surface area contributed by atoms with Crippen molar-refractivity contribution in [1.82, 2.24) is 29.8 Å². The van der Waals surface area contributed by atoms with Crippen molar-refractivity contribution in [3.63, 3.8) is 0 Å². The van der Waals surface area contributed by atoms with E-state index in [1.165, 1.54) is 15.3 Å². The van der Waals surface area contributed by atoms with E-state index in [2.05, 4.69) is 34.7 Å². The van der Waals surface area contributed by atoms with Crippen molar-refractivity contribution >= 4 is 15.9 Å². The number of carbonyl (C=O) groups excluding carboxylic acids is 1. The molecule has 1 N–H and O–H groups in total. The lowest BCUT2D eigenvalue weighted by Crippen LogP contribution is -2.45. The van der Waals surface area contributed by atoms with Gasteiger partial charge in [-0.05, 0) is 59.9 Å². The Kier molecular flexibility index (Phi) is 6.40. The second-order valence-corrected chi connectivity index (χ2v) is 9.36. The lowest BCUT2D eigenvalue weighted by atomic mass is 9.98. The van der Waals surface area contributed by atoms with Crippen molar-refractivity contribution in [2.24, 2.45) is 11.8 Å². The average Bonchev–Trinajstić information content (AvgIpc) is 3.22. The molecule has 3 rings (SSSR count). The lowest BCUT2D eigenvalue weighted by Gasteiger charge is -2.31. The molecule has 1 fully saturated rings. The first-order valence-electron chi connectivity index (χ1n) is 9.49. The summed E-state index contributed by atoms with van der Waals surface area (Å²) in [6.07, 6.45) is 3.73. The first kappa shape index (κ1) is 20.4. The predicted molar refractivity (Wildman–Crippen MR) is 103 cm³/mol. The van der Waals surface area contributed by atoms with E-state index in [4.69, 9.17) is 0 Å². The summed E-state index contributed by atoms with van der Waals surface area (Å²) in [7, 11) is -3.66. The number of rotatable bonds is 7. The Labute approximate surface area is 165 Å². The predicted octanol–water partition coefficient (Wildman–Crippen LogP) is 1.23. The van der Waals surface area contributed by atoms with Gasteiger partial charge in [-0.1, -0.05) is 13.8 Å². The van der Waals surface area contributed by atoms with Crippen molar-refractivity contribution in [2.75, 3.05) is 19.6 Å². The van der Waals surface area contributed by atoms with Crippen molar-refractivity contribution < 1.29 is 13.2 Å². The van der Waals surface area contributed by atoms with E-state index < -0.39 is 10.0 Å². The highest BCUT2D eigenvalue weighted by Gasteiger charge is 2.33. The Morgan fingerprint density at radius 1 is 1.29 bits per heavy atom. The maximum absolute atomic E-state index is 13.0. The smallest absolute Gasteiger partial charge is 0.243 e. The Hall–Kier alpha value is -2.33. The van der Waals surface area contributed by atoms with Crippen LogP contribution in [0.4, 0.5) is 0 Å². The number of hydrogen-bond acceptors (Lipinski definition) is 6. The Bertz CT molecular complexity index is 881. The highest BCUT2D eigenvalue weighted by atomic mass is 32.2. The van der Waals surface area contributed by atoms with E-state index in [0.717, 1.165) is 6.42 Å². The van der Waals surface area contributed by atoms with Crippen molar-refractivity contribution in [2.45, 2.75) is 38.0 Å².